The standard InChI is InChI=1S/C28H45NO8/c1-27(2,3)36-25(30)20-33-16-10-15-32-14-8-7-9-17-34-21-11-12-24-22(19-21)23(13-18-35-24)29-26(31)37-28(4,5)6/h11-12,19,23H,7-10,13-18,20H2,1-6H3,(H,29,31)/t23-/m1/s1. The highest BCUT2D eigenvalue weighted by Gasteiger charge is 2.26. The molecule has 0 fully saturated rings. The second-order valence-electron chi connectivity index (χ2n) is 11.0. The minimum atomic E-state index is -0.550. The van der Waals surface area contributed by atoms with Gasteiger partial charge < -0.3 is 33.7 Å². The highest BCUT2D eigenvalue weighted by atomic mass is 16.6. The van der Waals surface area contributed by atoms with Crippen molar-refractivity contribution >= 4 is 12.1 Å². The number of alkyl carbamates (subject to hydrolysis) is 1. The SMILES string of the molecule is CC(C)(C)OC(=O)COCCCOCCCCCOc1ccc2c(c1)[C@H](NC(=O)OC(C)(C)C)CCO2. The first-order chi connectivity index (χ1) is 17.4. The molecule has 1 N–H and O–H groups in total. The molecule has 1 aromatic carbocycles. The Hall–Kier alpha value is -2.52. The Morgan fingerprint density at radius 3 is 2.30 bits per heavy atom. The molecule has 0 saturated heterocycles. The Kier molecular flexibility index (Phi) is 12.5. The van der Waals surface area contributed by atoms with E-state index in [1.165, 1.54) is 0 Å². The van der Waals surface area contributed by atoms with E-state index in [-0.39, 0.29) is 18.6 Å². The second-order valence-corrected chi connectivity index (χ2v) is 11.0. The van der Waals surface area contributed by atoms with E-state index >= 15 is 0 Å². The molecule has 1 aromatic rings. The number of nitrogens with one attached hydrogen (secondary N) is 1. The Morgan fingerprint density at radius 2 is 1.57 bits per heavy atom. The fourth-order valence-electron chi connectivity index (χ4n) is 3.63. The van der Waals surface area contributed by atoms with E-state index in [2.05, 4.69) is 5.32 Å². The number of amides is 1. The van der Waals surface area contributed by atoms with Gasteiger partial charge >= 0.3 is 12.1 Å². The molecule has 1 amide bonds. The fourth-order valence-corrected chi connectivity index (χ4v) is 3.63. The molecule has 1 aliphatic rings. The monoisotopic (exact) mass is 523 g/mol. The minimum absolute atomic E-state index is 0.0323. The number of carbonyl (C=O) groups excluding carboxylic acids is 2. The number of carbonyl (C=O) groups is 2. The summed E-state index contributed by atoms with van der Waals surface area (Å²) in [4.78, 5) is 23.8. The van der Waals surface area contributed by atoms with Gasteiger partial charge in [-0.1, -0.05) is 0 Å². The van der Waals surface area contributed by atoms with E-state index in [1.54, 1.807) is 0 Å². The summed E-state index contributed by atoms with van der Waals surface area (Å²) in [5.74, 6) is 1.16. The zero-order chi connectivity index (χ0) is 27.3. The lowest BCUT2D eigenvalue weighted by molar-refractivity contribution is -0.160. The van der Waals surface area contributed by atoms with Crippen LogP contribution < -0.4 is 14.8 Å². The van der Waals surface area contributed by atoms with Crippen LogP contribution in [0.4, 0.5) is 4.79 Å². The quantitative estimate of drug-likeness (QED) is 0.257. The second kappa shape index (κ2) is 15.0. The molecule has 2 rings (SSSR count). The Labute approximate surface area is 221 Å². The van der Waals surface area contributed by atoms with Gasteiger partial charge in [0.2, 0.25) is 0 Å². The molecule has 1 aliphatic heterocycles. The average Bonchev–Trinajstić information content (AvgIpc) is 2.77. The molecule has 9 nitrogen and oxygen atoms in total. The topological polar surface area (TPSA) is 102 Å². The number of esters is 1. The van der Waals surface area contributed by atoms with Crippen molar-refractivity contribution in [1.29, 1.82) is 0 Å². The molecule has 0 spiro atoms. The Bertz CT molecular complexity index is 844. The van der Waals surface area contributed by atoms with Crippen molar-refractivity contribution in [1.82, 2.24) is 5.32 Å². The first-order valence-electron chi connectivity index (χ1n) is 13.2. The summed E-state index contributed by atoms with van der Waals surface area (Å²) in [6.07, 6.45) is 3.82. The van der Waals surface area contributed by atoms with Crippen LogP contribution in [-0.2, 0) is 23.7 Å². The molecular weight excluding hydrogens is 478 g/mol. The summed E-state index contributed by atoms with van der Waals surface area (Å²) in [7, 11) is 0. The summed E-state index contributed by atoms with van der Waals surface area (Å²) in [6.45, 7) is 13.9. The zero-order valence-corrected chi connectivity index (χ0v) is 23.4. The van der Waals surface area contributed by atoms with Crippen LogP contribution in [0.2, 0.25) is 0 Å². The summed E-state index contributed by atoms with van der Waals surface area (Å²) >= 11 is 0. The normalized spacial score (nSPS) is 15.4. The lowest BCUT2D eigenvalue weighted by Crippen LogP contribution is -2.36. The van der Waals surface area contributed by atoms with Gasteiger partial charge in [-0.25, -0.2) is 9.59 Å². The van der Waals surface area contributed by atoms with Crippen LogP contribution in [-0.4, -0.2) is 62.9 Å². The summed E-state index contributed by atoms with van der Waals surface area (Å²) in [5.41, 5.74) is -0.141. The largest absolute Gasteiger partial charge is 0.494 e. The lowest BCUT2D eigenvalue weighted by atomic mass is 10.0. The Balaban J connectivity index is 1.56. The molecule has 210 valence electrons. The zero-order valence-electron chi connectivity index (χ0n) is 23.4. The molecule has 0 saturated carbocycles. The van der Waals surface area contributed by atoms with E-state index in [9.17, 15) is 9.59 Å². The van der Waals surface area contributed by atoms with Crippen LogP contribution in [0.15, 0.2) is 18.2 Å². The number of rotatable bonds is 14. The highest BCUT2D eigenvalue weighted by molar-refractivity contribution is 5.71. The van der Waals surface area contributed by atoms with Crippen molar-refractivity contribution in [2.75, 3.05) is 39.6 Å². The number of hydrogen-bond donors (Lipinski definition) is 1. The maximum absolute atomic E-state index is 12.2. The van der Waals surface area contributed by atoms with Gasteiger partial charge in [-0.05, 0) is 85.4 Å². The van der Waals surface area contributed by atoms with Gasteiger partial charge in [-0.3, -0.25) is 0 Å². The van der Waals surface area contributed by atoms with Gasteiger partial charge in [-0.2, -0.15) is 0 Å². The van der Waals surface area contributed by atoms with Crippen molar-refractivity contribution in [3.8, 4) is 11.5 Å². The molecular formula is C28H45NO8. The van der Waals surface area contributed by atoms with Gasteiger partial charge in [-0.15, -0.1) is 0 Å². The van der Waals surface area contributed by atoms with E-state index in [0.717, 1.165) is 42.7 Å². The smallest absolute Gasteiger partial charge is 0.408 e. The molecule has 1 heterocycles. The third-order valence-corrected chi connectivity index (χ3v) is 5.13. The van der Waals surface area contributed by atoms with E-state index < -0.39 is 17.3 Å². The number of hydrogen-bond acceptors (Lipinski definition) is 8. The average molecular weight is 524 g/mol. The van der Waals surface area contributed by atoms with Crippen LogP contribution in [0.25, 0.3) is 0 Å². The van der Waals surface area contributed by atoms with E-state index in [1.807, 2.05) is 59.7 Å². The van der Waals surface area contributed by atoms with Crippen molar-refractivity contribution in [2.24, 2.45) is 0 Å². The predicted octanol–water partition coefficient (Wildman–Crippen LogP) is 5.35. The van der Waals surface area contributed by atoms with Crippen molar-refractivity contribution in [3.63, 3.8) is 0 Å². The number of fused-ring (bicyclic) bond motifs is 1. The molecule has 0 bridgehead atoms. The maximum atomic E-state index is 12.2. The van der Waals surface area contributed by atoms with Gasteiger partial charge in [0.1, 0.15) is 29.3 Å². The maximum Gasteiger partial charge on any atom is 0.408 e. The minimum Gasteiger partial charge on any atom is -0.494 e. The number of benzene rings is 1. The molecule has 1 atom stereocenters. The first-order valence-corrected chi connectivity index (χ1v) is 13.2. The van der Waals surface area contributed by atoms with Crippen LogP contribution in [0.5, 0.6) is 11.5 Å². The third kappa shape index (κ3) is 13.6. The molecule has 0 radical (unpaired) electrons. The molecule has 0 aliphatic carbocycles. The summed E-state index contributed by atoms with van der Waals surface area (Å²) < 4.78 is 33.2. The number of ether oxygens (including phenoxy) is 6. The number of unbranched alkanes of at least 4 members (excludes halogenated alkanes) is 2. The van der Waals surface area contributed by atoms with Crippen molar-refractivity contribution in [2.45, 2.75) is 90.9 Å². The van der Waals surface area contributed by atoms with Gasteiger partial charge in [0, 0.05) is 31.8 Å². The van der Waals surface area contributed by atoms with Crippen LogP contribution in [0.3, 0.4) is 0 Å². The van der Waals surface area contributed by atoms with E-state index in [0.29, 0.717) is 39.5 Å². The third-order valence-electron chi connectivity index (χ3n) is 5.13. The van der Waals surface area contributed by atoms with Crippen LogP contribution in [0, 0.1) is 0 Å². The van der Waals surface area contributed by atoms with Gasteiger partial charge in [0.15, 0.2) is 0 Å². The molecule has 0 aromatic heterocycles. The highest BCUT2D eigenvalue weighted by Crippen LogP contribution is 2.35. The van der Waals surface area contributed by atoms with Crippen molar-refractivity contribution in [3.05, 3.63) is 23.8 Å². The van der Waals surface area contributed by atoms with Crippen LogP contribution in [0.1, 0.15) is 85.3 Å². The first kappa shape index (κ1) is 30.7. The Morgan fingerprint density at radius 1 is 0.892 bits per heavy atom. The van der Waals surface area contributed by atoms with Crippen molar-refractivity contribution < 1.29 is 38.0 Å². The predicted molar refractivity (Wildman–Crippen MR) is 140 cm³/mol. The van der Waals surface area contributed by atoms with E-state index in [4.69, 9.17) is 28.4 Å². The summed E-state index contributed by atoms with van der Waals surface area (Å²) in [5, 5.41) is 2.94. The molecule has 0 unspecified atom stereocenters. The van der Waals surface area contributed by atoms with Gasteiger partial charge in [0.25, 0.3) is 0 Å². The summed E-state index contributed by atoms with van der Waals surface area (Å²) in [6, 6.07) is 5.54. The molecule has 9 heteroatoms. The fraction of sp³-hybridized carbons (Fsp3) is 0.714. The lowest BCUT2D eigenvalue weighted by Gasteiger charge is -2.28. The molecule has 37 heavy (non-hydrogen) atoms. The van der Waals surface area contributed by atoms with Gasteiger partial charge in [0.05, 0.1) is 19.3 Å². The van der Waals surface area contributed by atoms with Crippen LogP contribution >= 0.6 is 0 Å².